The standard InChI is InChI=1S/C17H26N2OS/c1-12(16(20)19-14-7-8-14)21-15-9-5-13(6-10-15)11-18-17(2,3)4/h5-6,9-10,12,14,18H,7-8,11H2,1-4H3,(H,19,20). The summed E-state index contributed by atoms with van der Waals surface area (Å²) in [4.78, 5) is 13.1. The predicted octanol–water partition coefficient (Wildman–Crippen LogP) is 3.33. The number of thioether (sulfide) groups is 1. The molecule has 0 aromatic heterocycles. The lowest BCUT2D eigenvalue weighted by Crippen LogP contribution is -2.35. The average molecular weight is 306 g/mol. The topological polar surface area (TPSA) is 41.1 Å². The molecule has 1 aliphatic carbocycles. The average Bonchev–Trinajstić information content (AvgIpc) is 3.21. The van der Waals surface area contributed by atoms with Crippen LogP contribution in [0.1, 0.15) is 46.1 Å². The van der Waals surface area contributed by atoms with Crippen molar-refractivity contribution in [1.29, 1.82) is 0 Å². The van der Waals surface area contributed by atoms with Gasteiger partial charge in [-0.2, -0.15) is 0 Å². The number of nitrogens with one attached hydrogen (secondary N) is 2. The summed E-state index contributed by atoms with van der Waals surface area (Å²) >= 11 is 1.62. The lowest BCUT2D eigenvalue weighted by Gasteiger charge is -2.20. The van der Waals surface area contributed by atoms with Crippen LogP contribution in [0, 0.1) is 0 Å². The Bertz CT molecular complexity index is 475. The summed E-state index contributed by atoms with van der Waals surface area (Å²) in [5.41, 5.74) is 1.40. The molecular formula is C17H26N2OS. The summed E-state index contributed by atoms with van der Waals surface area (Å²) < 4.78 is 0. The van der Waals surface area contributed by atoms with Crippen LogP contribution in [0.2, 0.25) is 0 Å². The Labute approximate surface area is 132 Å². The molecule has 0 aliphatic heterocycles. The number of benzene rings is 1. The molecular weight excluding hydrogens is 280 g/mol. The van der Waals surface area contributed by atoms with E-state index in [0.717, 1.165) is 24.3 Å². The van der Waals surface area contributed by atoms with Crippen molar-refractivity contribution in [3.05, 3.63) is 29.8 Å². The summed E-state index contributed by atoms with van der Waals surface area (Å²) in [5, 5.41) is 6.49. The van der Waals surface area contributed by atoms with Crippen molar-refractivity contribution >= 4 is 17.7 Å². The van der Waals surface area contributed by atoms with Crippen LogP contribution in [0.5, 0.6) is 0 Å². The highest BCUT2D eigenvalue weighted by atomic mass is 32.2. The zero-order chi connectivity index (χ0) is 15.5. The molecule has 0 saturated heterocycles. The smallest absolute Gasteiger partial charge is 0.233 e. The molecule has 2 N–H and O–H groups in total. The van der Waals surface area contributed by atoms with Crippen molar-refractivity contribution in [2.45, 2.75) is 68.8 Å². The molecule has 0 spiro atoms. The summed E-state index contributed by atoms with van der Waals surface area (Å²) in [6, 6.07) is 8.90. The molecule has 1 atom stereocenters. The van der Waals surface area contributed by atoms with Gasteiger partial charge in [0, 0.05) is 23.0 Å². The number of amides is 1. The Kier molecular flexibility index (Phi) is 5.33. The van der Waals surface area contributed by atoms with Crippen LogP contribution in [-0.4, -0.2) is 22.7 Å². The first-order chi connectivity index (χ1) is 9.83. The maximum Gasteiger partial charge on any atom is 0.233 e. The molecule has 0 bridgehead atoms. The largest absolute Gasteiger partial charge is 0.352 e. The van der Waals surface area contributed by atoms with Crippen LogP contribution in [-0.2, 0) is 11.3 Å². The van der Waals surface area contributed by atoms with E-state index in [1.165, 1.54) is 5.56 Å². The zero-order valence-corrected chi connectivity index (χ0v) is 14.2. The summed E-state index contributed by atoms with van der Waals surface area (Å²) in [7, 11) is 0. The minimum Gasteiger partial charge on any atom is -0.352 e. The van der Waals surface area contributed by atoms with Crippen molar-refractivity contribution in [3.63, 3.8) is 0 Å². The van der Waals surface area contributed by atoms with Crippen LogP contribution in [0.15, 0.2) is 29.2 Å². The van der Waals surface area contributed by atoms with E-state index < -0.39 is 0 Å². The van der Waals surface area contributed by atoms with Gasteiger partial charge in [-0.15, -0.1) is 11.8 Å². The molecule has 1 saturated carbocycles. The van der Waals surface area contributed by atoms with Gasteiger partial charge in [0.1, 0.15) is 0 Å². The second kappa shape index (κ2) is 6.84. The molecule has 1 aliphatic rings. The van der Waals surface area contributed by atoms with Crippen molar-refractivity contribution in [2.24, 2.45) is 0 Å². The third kappa shape index (κ3) is 6.10. The number of carbonyl (C=O) groups excluding carboxylic acids is 1. The third-order valence-electron chi connectivity index (χ3n) is 3.35. The minimum absolute atomic E-state index is 0.0378. The molecule has 1 amide bonds. The molecule has 1 unspecified atom stereocenters. The molecule has 1 aromatic rings. The Morgan fingerprint density at radius 3 is 2.43 bits per heavy atom. The lowest BCUT2D eigenvalue weighted by atomic mass is 10.1. The van der Waals surface area contributed by atoms with Gasteiger partial charge >= 0.3 is 0 Å². The maximum atomic E-state index is 11.9. The van der Waals surface area contributed by atoms with Crippen LogP contribution in [0.4, 0.5) is 0 Å². The normalized spacial score (nSPS) is 16.6. The number of hydrogen-bond acceptors (Lipinski definition) is 3. The van der Waals surface area contributed by atoms with Crippen molar-refractivity contribution in [2.75, 3.05) is 0 Å². The molecule has 4 heteroatoms. The van der Waals surface area contributed by atoms with Crippen molar-refractivity contribution in [3.8, 4) is 0 Å². The highest BCUT2D eigenvalue weighted by Gasteiger charge is 2.25. The number of rotatable bonds is 6. The Morgan fingerprint density at radius 2 is 1.90 bits per heavy atom. The highest BCUT2D eigenvalue weighted by molar-refractivity contribution is 8.00. The van der Waals surface area contributed by atoms with Crippen molar-refractivity contribution in [1.82, 2.24) is 10.6 Å². The van der Waals surface area contributed by atoms with E-state index in [1.807, 2.05) is 6.92 Å². The molecule has 116 valence electrons. The van der Waals surface area contributed by atoms with E-state index in [4.69, 9.17) is 0 Å². The van der Waals surface area contributed by atoms with Gasteiger partial charge in [0.2, 0.25) is 5.91 Å². The fourth-order valence-electron chi connectivity index (χ4n) is 1.86. The van der Waals surface area contributed by atoms with Gasteiger partial charge in [0.25, 0.3) is 0 Å². The summed E-state index contributed by atoms with van der Waals surface area (Å²) in [6.45, 7) is 9.33. The summed E-state index contributed by atoms with van der Waals surface area (Å²) in [6.07, 6.45) is 2.28. The number of carbonyl (C=O) groups is 1. The monoisotopic (exact) mass is 306 g/mol. The summed E-state index contributed by atoms with van der Waals surface area (Å²) in [5.74, 6) is 0.154. The van der Waals surface area contributed by atoms with E-state index in [2.05, 4.69) is 55.7 Å². The first kappa shape index (κ1) is 16.4. The minimum atomic E-state index is -0.0378. The fourth-order valence-corrected chi connectivity index (χ4v) is 2.73. The maximum absolute atomic E-state index is 11.9. The first-order valence-electron chi connectivity index (χ1n) is 7.64. The van der Waals surface area contributed by atoms with E-state index in [1.54, 1.807) is 11.8 Å². The quantitative estimate of drug-likeness (QED) is 0.792. The molecule has 0 heterocycles. The Balaban J connectivity index is 1.82. The van der Waals surface area contributed by atoms with Crippen LogP contribution < -0.4 is 10.6 Å². The van der Waals surface area contributed by atoms with E-state index in [9.17, 15) is 4.79 Å². The second-order valence-electron chi connectivity index (χ2n) is 6.79. The van der Waals surface area contributed by atoms with Gasteiger partial charge in [0.15, 0.2) is 0 Å². The lowest BCUT2D eigenvalue weighted by molar-refractivity contribution is -0.120. The molecule has 1 fully saturated rings. The molecule has 0 radical (unpaired) electrons. The van der Waals surface area contributed by atoms with E-state index in [0.29, 0.717) is 6.04 Å². The van der Waals surface area contributed by atoms with Gasteiger partial charge in [-0.3, -0.25) is 4.79 Å². The van der Waals surface area contributed by atoms with Gasteiger partial charge in [-0.05, 0) is 58.2 Å². The first-order valence-corrected chi connectivity index (χ1v) is 8.52. The van der Waals surface area contributed by atoms with Gasteiger partial charge in [-0.1, -0.05) is 12.1 Å². The van der Waals surface area contributed by atoms with Gasteiger partial charge in [-0.25, -0.2) is 0 Å². The Morgan fingerprint density at radius 1 is 1.29 bits per heavy atom. The number of hydrogen-bond donors (Lipinski definition) is 2. The van der Waals surface area contributed by atoms with Gasteiger partial charge < -0.3 is 10.6 Å². The second-order valence-corrected chi connectivity index (χ2v) is 8.20. The molecule has 1 aromatic carbocycles. The zero-order valence-electron chi connectivity index (χ0n) is 13.4. The Hall–Kier alpha value is -1.00. The molecule has 3 nitrogen and oxygen atoms in total. The van der Waals surface area contributed by atoms with Gasteiger partial charge in [0.05, 0.1) is 5.25 Å². The van der Waals surface area contributed by atoms with Crippen LogP contribution in [0.3, 0.4) is 0 Å². The van der Waals surface area contributed by atoms with Crippen LogP contribution >= 0.6 is 11.8 Å². The molecule has 21 heavy (non-hydrogen) atoms. The fraction of sp³-hybridized carbons (Fsp3) is 0.588. The third-order valence-corrected chi connectivity index (χ3v) is 4.46. The predicted molar refractivity (Wildman–Crippen MR) is 89.5 cm³/mol. The van der Waals surface area contributed by atoms with E-state index >= 15 is 0 Å². The van der Waals surface area contributed by atoms with Crippen LogP contribution in [0.25, 0.3) is 0 Å². The van der Waals surface area contributed by atoms with Crippen molar-refractivity contribution < 1.29 is 4.79 Å². The molecule has 2 rings (SSSR count). The highest BCUT2D eigenvalue weighted by Crippen LogP contribution is 2.25. The van der Waals surface area contributed by atoms with E-state index in [-0.39, 0.29) is 16.7 Å². The SMILES string of the molecule is CC(Sc1ccc(CNC(C)(C)C)cc1)C(=O)NC1CC1.